The number of amides is 2. The number of anilines is 1. The summed E-state index contributed by atoms with van der Waals surface area (Å²) in [6, 6.07) is 12.0. The molecule has 4 rings (SSSR count). The quantitative estimate of drug-likeness (QED) is 0.193. The van der Waals surface area contributed by atoms with Gasteiger partial charge in [0.15, 0.2) is 6.19 Å². The first kappa shape index (κ1) is 27.3. The number of hydrogen-bond acceptors (Lipinski definition) is 5. The van der Waals surface area contributed by atoms with Gasteiger partial charge in [-0.1, -0.05) is 35.3 Å². The first-order chi connectivity index (χ1) is 18.2. The van der Waals surface area contributed by atoms with E-state index in [4.69, 9.17) is 27.6 Å². The minimum absolute atomic E-state index is 0.0789. The van der Waals surface area contributed by atoms with Crippen molar-refractivity contribution in [2.24, 2.45) is 4.99 Å². The van der Waals surface area contributed by atoms with Crippen molar-refractivity contribution in [2.45, 2.75) is 38.8 Å². The van der Waals surface area contributed by atoms with Crippen LogP contribution in [0.2, 0.25) is 10.0 Å². The topological polar surface area (TPSA) is 114 Å². The highest BCUT2D eigenvalue weighted by Gasteiger charge is 2.29. The molecule has 0 spiro atoms. The van der Waals surface area contributed by atoms with Crippen LogP contribution in [0.4, 0.5) is 5.69 Å². The molecule has 0 radical (unpaired) electrons. The van der Waals surface area contributed by atoms with E-state index >= 15 is 0 Å². The molecular weight excluding hydrogens is 527 g/mol. The number of aryl methyl sites for hydroxylation is 1. The lowest BCUT2D eigenvalue weighted by molar-refractivity contribution is -0.140. The SMILES string of the molecule is Cc1cc2cc(NC(=NC3CCCCN(CC(=O)N(C)Cc4cccc(Cl)c4Cl)C3=O)NC#N)ccc2o1. The van der Waals surface area contributed by atoms with E-state index in [1.165, 1.54) is 9.80 Å². The zero-order valence-corrected chi connectivity index (χ0v) is 22.6. The molecule has 0 aliphatic carbocycles. The molecule has 2 amide bonds. The monoisotopic (exact) mass is 554 g/mol. The molecule has 9 nitrogen and oxygen atoms in total. The Bertz CT molecular complexity index is 1410. The molecule has 1 atom stereocenters. The Morgan fingerprint density at radius 3 is 2.87 bits per heavy atom. The number of hydrogen-bond donors (Lipinski definition) is 2. The van der Waals surface area contributed by atoms with Gasteiger partial charge >= 0.3 is 0 Å². The molecule has 198 valence electrons. The second kappa shape index (κ2) is 12.2. The molecule has 1 unspecified atom stereocenters. The van der Waals surface area contributed by atoms with Gasteiger partial charge in [-0.3, -0.25) is 14.9 Å². The highest BCUT2D eigenvalue weighted by molar-refractivity contribution is 6.42. The van der Waals surface area contributed by atoms with Gasteiger partial charge in [0, 0.05) is 31.2 Å². The average molecular weight is 555 g/mol. The Kier molecular flexibility index (Phi) is 8.77. The minimum Gasteiger partial charge on any atom is -0.461 e. The number of aliphatic imine (C=N–C) groups is 1. The first-order valence-electron chi connectivity index (χ1n) is 12.2. The molecule has 38 heavy (non-hydrogen) atoms. The van der Waals surface area contributed by atoms with Crippen LogP contribution in [-0.4, -0.2) is 53.8 Å². The third-order valence-corrected chi connectivity index (χ3v) is 7.16. The van der Waals surface area contributed by atoms with Gasteiger partial charge in [0.25, 0.3) is 0 Å². The Balaban J connectivity index is 1.46. The summed E-state index contributed by atoms with van der Waals surface area (Å²) >= 11 is 12.4. The van der Waals surface area contributed by atoms with Gasteiger partial charge in [0.2, 0.25) is 17.8 Å². The third kappa shape index (κ3) is 6.57. The molecule has 0 saturated carbocycles. The lowest BCUT2D eigenvalue weighted by atomic mass is 10.1. The maximum Gasteiger partial charge on any atom is 0.247 e. The van der Waals surface area contributed by atoms with Crippen LogP contribution in [0.3, 0.4) is 0 Å². The van der Waals surface area contributed by atoms with Crippen molar-refractivity contribution in [1.82, 2.24) is 15.1 Å². The maximum absolute atomic E-state index is 13.4. The van der Waals surface area contributed by atoms with Crippen LogP contribution < -0.4 is 10.6 Å². The number of carbonyl (C=O) groups is 2. The van der Waals surface area contributed by atoms with Gasteiger partial charge in [-0.25, -0.2) is 4.99 Å². The fraction of sp³-hybridized carbons (Fsp3) is 0.333. The number of nitrogens with one attached hydrogen (secondary N) is 2. The fourth-order valence-electron chi connectivity index (χ4n) is 4.35. The van der Waals surface area contributed by atoms with Crippen LogP contribution in [0.15, 0.2) is 51.9 Å². The number of carbonyl (C=O) groups excluding carboxylic acids is 2. The Morgan fingerprint density at radius 1 is 1.26 bits per heavy atom. The van der Waals surface area contributed by atoms with Crippen molar-refractivity contribution < 1.29 is 14.0 Å². The van der Waals surface area contributed by atoms with Crippen LogP contribution in [0.5, 0.6) is 0 Å². The Morgan fingerprint density at radius 2 is 2.08 bits per heavy atom. The van der Waals surface area contributed by atoms with Crippen molar-refractivity contribution in [1.29, 1.82) is 5.26 Å². The van der Waals surface area contributed by atoms with E-state index < -0.39 is 6.04 Å². The van der Waals surface area contributed by atoms with Gasteiger partial charge in [0.05, 0.1) is 16.6 Å². The normalized spacial score (nSPS) is 16.2. The van der Waals surface area contributed by atoms with Crippen molar-refractivity contribution in [3.8, 4) is 6.19 Å². The number of fused-ring (bicyclic) bond motifs is 1. The fourth-order valence-corrected chi connectivity index (χ4v) is 4.73. The zero-order valence-electron chi connectivity index (χ0n) is 21.1. The van der Waals surface area contributed by atoms with E-state index in [1.54, 1.807) is 19.2 Å². The van der Waals surface area contributed by atoms with Gasteiger partial charge < -0.3 is 19.5 Å². The number of likely N-dealkylation sites (N-methyl/N-ethyl adjacent to an activating group) is 1. The summed E-state index contributed by atoms with van der Waals surface area (Å²) in [5.41, 5.74) is 2.16. The van der Waals surface area contributed by atoms with Crippen molar-refractivity contribution >= 4 is 57.6 Å². The number of nitriles is 1. The largest absolute Gasteiger partial charge is 0.461 e. The van der Waals surface area contributed by atoms with Crippen LogP contribution in [0, 0.1) is 18.4 Å². The second-order valence-corrected chi connectivity index (χ2v) is 9.97. The van der Waals surface area contributed by atoms with Gasteiger partial charge in [-0.2, -0.15) is 5.26 Å². The van der Waals surface area contributed by atoms with Crippen LogP contribution in [0.25, 0.3) is 11.0 Å². The number of benzene rings is 2. The van der Waals surface area contributed by atoms with Crippen LogP contribution >= 0.6 is 23.2 Å². The Hall–Kier alpha value is -3.74. The maximum atomic E-state index is 13.4. The molecular formula is C27H28Cl2N6O3. The molecule has 1 aliphatic heterocycles. The van der Waals surface area contributed by atoms with Crippen LogP contribution in [0.1, 0.15) is 30.6 Å². The van der Waals surface area contributed by atoms with E-state index in [0.717, 1.165) is 35.1 Å². The second-order valence-electron chi connectivity index (χ2n) is 9.18. The molecule has 1 aliphatic rings. The van der Waals surface area contributed by atoms with Crippen molar-refractivity contribution in [3.05, 3.63) is 63.8 Å². The van der Waals surface area contributed by atoms with Crippen molar-refractivity contribution in [3.63, 3.8) is 0 Å². The smallest absolute Gasteiger partial charge is 0.247 e. The minimum atomic E-state index is -0.735. The molecule has 0 bridgehead atoms. The average Bonchev–Trinajstić information content (AvgIpc) is 3.17. The summed E-state index contributed by atoms with van der Waals surface area (Å²) in [6.07, 6.45) is 3.89. The predicted octanol–water partition coefficient (Wildman–Crippen LogP) is 4.93. The van der Waals surface area contributed by atoms with E-state index in [1.807, 2.05) is 43.4 Å². The first-order valence-corrected chi connectivity index (χ1v) is 13.0. The van der Waals surface area contributed by atoms with Crippen molar-refractivity contribution in [2.75, 3.05) is 25.5 Å². The van der Waals surface area contributed by atoms with Crippen LogP contribution in [-0.2, 0) is 16.1 Å². The van der Waals surface area contributed by atoms with E-state index in [0.29, 0.717) is 28.7 Å². The van der Waals surface area contributed by atoms with E-state index in [2.05, 4.69) is 15.6 Å². The number of rotatable bonds is 6. The molecule has 2 N–H and O–H groups in total. The number of nitrogens with zero attached hydrogens (tertiary/aromatic N) is 4. The lowest BCUT2D eigenvalue weighted by Gasteiger charge is -2.26. The number of halogens is 2. The van der Waals surface area contributed by atoms with E-state index in [9.17, 15) is 14.9 Å². The summed E-state index contributed by atoms with van der Waals surface area (Å²) in [5, 5.41) is 16.6. The Labute approximate surface area is 231 Å². The molecule has 1 fully saturated rings. The third-order valence-electron chi connectivity index (χ3n) is 6.30. The molecule has 1 aromatic heterocycles. The summed E-state index contributed by atoms with van der Waals surface area (Å²) < 4.78 is 5.61. The standard InChI is InChI=1S/C27H28Cl2N6O3/c1-17-12-19-13-20(9-10-23(19)38-17)32-27(31-16-30)33-22-8-3-4-11-35(26(22)37)15-24(36)34(2)14-18-6-5-7-21(28)25(18)29/h5-7,9-10,12-13,22H,3-4,8,11,14-15H2,1-2H3,(H2,31,32,33). The molecule has 2 heterocycles. The van der Waals surface area contributed by atoms with E-state index in [-0.39, 0.29) is 30.9 Å². The predicted molar refractivity (Wildman–Crippen MR) is 148 cm³/mol. The highest BCUT2D eigenvalue weighted by atomic mass is 35.5. The lowest BCUT2D eigenvalue weighted by Crippen LogP contribution is -2.45. The highest BCUT2D eigenvalue weighted by Crippen LogP contribution is 2.26. The number of furan rings is 1. The molecule has 3 aromatic rings. The number of likely N-dealkylation sites (tertiary alicyclic amines) is 1. The molecule has 11 heteroatoms. The van der Waals surface area contributed by atoms with Gasteiger partial charge in [-0.05, 0) is 62.1 Å². The summed E-state index contributed by atoms with van der Waals surface area (Å²) in [7, 11) is 1.66. The summed E-state index contributed by atoms with van der Waals surface area (Å²) in [4.78, 5) is 34.0. The van der Waals surface area contributed by atoms with Gasteiger partial charge in [0.1, 0.15) is 17.4 Å². The number of guanidine groups is 1. The summed E-state index contributed by atoms with van der Waals surface area (Å²) in [6.45, 7) is 2.51. The molecule has 2 aromatic carbocycles. The zero-order chi connectivity index (χ0) is 27.2. The summed E-state index contributed by atoms with van der Waals surface area (Å²) in [5.74, 6) is 0.466. The van der Waals surface area contributed by atoms with Gasteiger partial charge in [-0.15, -0.1) is 0 Å². The molecule has 1 saturated heterocycles.